The molecule has 1 aromatic carbocycles. The molecule has 1 aliphatic heterocycles. The highest BCUT2D eigenvalue weighted by molar-refractivity contribution is 7.19. The van der Waals surface area contributed by atoms with Crippen LogP contribution in [-0.2, 0) is 11.3 Å². The number of nitrogens with zero attached hydrogens (tertiary/aromatic N) is 1. The summed E-state index contributed by atoms with van der Waals surface area (Å²) >= 11 is 1.04. The van der Waals surface area contributed by atoms with E-state index in [0.29, 0.717) is 21.9 Å². The van der Waals surface area contributed by atoms with Gasteiger partial charge in [0.2, 0.25) is 5.82 Å². The number of aromatic carboxylic acids is 1. The number of hydrogen-bond donors (Lipinski definition) is 5. The van der Waals surface area contributed by atoms with E-state index < -0.39 is 17.4 Å². The minimum atomic E-state index is -1.22. The normalized spacial score (nSPS) is 15.1. The Kier molecular flexibility index (Phi) is 8.19. The molecule has 37 heavy (non-hydrogen) atoms. The van der Waals surface area contributed by atoms with Crippen molar-refractivity contribution in [3.63, 3.8) is 0 Å². The van der Waals surface area contributed by atoms with Gasteiger partial charge >= 0.3 is 5.97 Å². The summed E-state index contributed by atoms with van der Waals surface area (Å²) in [5.41, 5.74) is 5.92. The van der Waals surface area contributed by atoms with Crippen molar-refractivity contribution in [2.75, 3.05) is 18.5 Å². The van der Waals surface area contributed by atoms with E-state index in [4.69, 9.17) is 10.5 Å². The Bertz CT molecular complexity index is 1390. The van der Waals surface area contributed by atoms with Crippen LogP contribution in [0.4, 0.5) is 5.69 Å². The lowest BCUT2D eigenvalue weighted by Crippen LogP contribution is -2.28. The zero-order valence-electron chi connectivity index (χ0n) is 20.4. The minimum absolute atomic E-state index is 0.0398. The number of fused-ring (bicyclic) bond motifs is 2. The van der Waals surface area contributed by atoms with Crippen molar-refractivity contribution in [2.24, 2.45) is 11.7 Å². The fourth-order valence-electron chi connectivity index (χ4n) is 4.41. The second kappa shape index (κ2) is 11.5. The molecular weight excluding hydrogens is 498 g/mol. The maximum atomic E-state index is 12.4. The van der Waals surface area contributed by atoms with Gasteiger partial charge in [0.25, 0.3) is 17.4 Å². The quantitative estimate of drug-likeness (QED) is 0.336. The highest BCUT2D eigenvalue weighted by Crippen LogP contribution is 2.29. The zero-order valence-corrected chi connectivity index (χ0v) is 21.2. The number of thiophene rings is 1. The summed E-state index contributed by atoms with van der Waals surface area (Å²) in [7, 11) is 0. The first kappa shape index (κ1) is 26.3. The molecule has 0 atom stereocenters. The smallest absolute Gasteiger partial charge is 0.337 e. The Morgan fingerprint density at radius 2 is 2.00 bits per heavy atom. The molecule has 3 heterocycles. The first-order chi connectivity index (χ1) is 17.8. The Labute approximate surface area is 216 Å². The van der Waals surface area contributed by atoms with Crippen LogP contribution >= 0.6 is 11.3 Å². The number of rotatable bonds is 5. The molecule has 1 aliphatic carbocycles. The molecule has 0 spiro atoms. The van der Waals surface area contributed by atoms with Crippen LogP contribution in [0.2, 0.25) is 0 Å². The number of carbonyl (C=O) groups is 3. The largest absolute Gasteiger partial charge is 0.482 e. The third kappa shape index (κ3) is 6.15. The summed E-state index contributed by atoms with van der Waals surface area (Å²) in [6.07, 6.45) is 7.05. The Morgan fingerprint density at radius 1 is 1.24 bits per heavy atom. The molecule has 12 heteroatoms. The van der Waals surface area contributed by atoms with Gasteiger partial charge in [0, 0.05) is 11.4 Å². The third-order valence-electron chi connectivity index (χ3n) is 6.35. The van der Waals surface area contributed by atoms with Crippen molar-refractivity contribution in [2.45, 2.75) is 45.6 Å². The van der Waals surface area contributed by atoms with Gasteiger partial charge in [0.15, 0.2) is 6.61 Å². The molecule has 6 N–H and O–H groups in total. The van der Waals surface area contributed by atoms with Crippen LogP contribution in [0.1, 0.15) is 63.5 Å². The van der Waals surface area contributed by atoms with Gasteiger partial charge in [-0.15, -0.1) is 11.3 Å². The lowest BCUT2D eigenvalue weighted by atomic mass is 9.90. The zero-order chi connectivity index (χ0) is 26.5. The molecule has 0 saturated heterocycles. The number of benzene rings is 1. The van der Waals surface area contributed by atoms with Crippen LogP contribution in [0, 0.1) is 12.8 Å². The Balaban J connectivity index is 0.000000342. The predicted octanol–water partition coefficient (Wildman–Crippen LogP) is 2.78. The first-order valence-electron chi connectivity index (χ1n) is 12.1. The minimum Gasteiger partial charge on any atom is -0.482 e. The van der Waals surface area contributed by atoms with E-state index in [-0.39, 0.29) is 40.7 Å². The van der Waals surface area contributed by atoms with Gasteiger partial charge in [0.05, 0.1) is 16.6 Å². The second-order valence-electron chi connectivity index (χ2n) is 9.02. The van der Waals surface area contributed by atoms with Gasteiger partial charge in [-0.05, 0) is 49.9 Å². The molecular formula is C25H29N5O6S. The van der Waals surface area contributed by atoms with Crippen molar-refractivity contribution in [1.82, 2.24) is 15.3 Å². The van der Waals surface area contributed by atoms with Gasteiger partial charge < -0.3 is 31.2 Å². The number of carboxylic acids is 1. The molecule has 0 unspecified atom stereocenters. The molecule has 1 saturated carbocycles. The third-order valence-corrected chi connectivity index (χ3v) is 7.35. The number of carbonyl (C=O) groups excluding carboxylic acids is 2. The van der Waals surface area contributed by atoms with E-state index in [2.05, 4.69) is 20.6 Å². The summed E-state index contributed by atoms with van der Waals surface area (Å²) in [4.78, 5) is 54.6. The average Bonchev–Trinajstić information content (AvgIpc) is 3.24. The molecule has 11 nitrogen and oxygen atoms in total. The number of amides is 2. The number of H-pyrrole nitrogens is 1. The van der Waals surface area contributed by atoms with Gasteiger partial charge in [0.1, 0.15) is 10.6 Å². The monoisotopic (exact) mass is 527 g/mol. The van der Waals surface area contributed by atoms with Gasteiger partial charge in [-0.1, -0.05) is 25.3 Å². The number of carboxylic acid groups (broad SMARTS) is 1. The topological polar surface area (TPSA) is 176 Å². The number of aryl methyl sites for hydroxylation is 1. The second-order valence-corrected chi connectivity index (χ2v) is 10.2. The molecule has 3 aromatic rings. The van der Waals surface area contributed by atoms with Crippen LogP contribution in [0.5, 0.6) is 5.75 Å². The van der Waals surface area contributed by atoms with Gasteiger partial charge in [-0.3, -0.25) is 14.4 Å². The van der Waals surface area contributed by atoms with Crippen LogP contribution in [0.3, 0.4) is 0 Å². The van der Waals surface area contributed by atoms with E-state index in [1.54, 1.807) is 25.1 Å². The highest BCUT2D eigenvalue weighted by atomic mass is 32.1. The number of nitrogens with one attached hydrogen (secondary N) is 3. The van der Waals surface area contributed by atoms with Gasteiger partial charge in [-0.25, -0.2) is 9.78 Å². The fourth-order valence-corrected chi connectivity index (χ4v) is 5.43. The molecule has 2 aromatic heterocycles. The molecule has 2 amide bonds. The van der Waals surface area contributed by atoms with Crippen LogP contribution in [0.15, 0.2) is 23.0 Å². The number of aromatic nitrogens is 2. The number of aromatic amines is 1. The van der Waals surface area contributed by atoms with E-state index in [0.717, 1.165) is 23.8 Å². The molecule has 196 valence electrons. The molecule has 0 radical (unpaired) electrons. The average molecular weight is 528 g/mol. The van der Waals surface area contributed by atoms with E-state index >= 15 is 0 Å². The van der Waals surface area contributed by atoms with Crippen molar-refractivity contribution in [1.29, 1.82) is 0 Å². The maximum absolute atomic E-state index is 12.4. The highest BCUT2D eigenvalue weighted by Gasteiger charge is 2.22. The van der Waals surface area contributed by atoms with Gasteiger partial charge in [-0.2, -0.15) is 0 Å². The summed E-state index contributed by atoms with van der Waals surface area (Å²) in [5.74, 6) is -0.912. The van der Waals surface area contributed by atoms with Crippen molar-refractivity contribution in [3.05, 3.63) is 50.4 Å². The predicted molar refractivity (Wildman–Crippen MR) is 139 cm³/mol. The van der Waals surface area contributed by atoms with Crippen molar-refractivity contribution < 1.29 is 24.2 Å². The van der Waals surface area contributed by atoms with Crippen molar-refractivity contribution in [3.8, 4) is 5.75 Å². The van der Waals surface area contributed by atoms with E-state index in [1.165, 1.54) is 32.1 Å². The number of nitrogens with two attached hydrogens (primary N) is 1. The first-order valence-corrected chi connectivity index (χ1v) is 12.9. The SMILES string of the molecule is Cc1sc2nc(C(=O)NCc3ccc4c(c3)NC(=O)CO4)[nH]c(=O)c2c1C(=O)O.NCC1CCCCC1. The summed E-state index contributed by atoms with van der Waals surface area (Å²) in [5, 5.41) is 14.6. The lowest BCUT2D eigenvalue weighted by molar-refractivity contribution is -0.118. The Morgan fingerprint density at radius 3 is 2.68 bits per heavy atom. The van der Waals surface area contributed by atoms with E-state index in [9.17, 15) is 24.3 Å². The van der Waals surface area contributed by atoms with Crippen LogP contribution in [0.25, 0.3) is 10.2 Å². The van der Waals surface area contributed by atoms with Crippen molar-refractivity contribution >= 4 is 45.0 Å². The molecule has 2 aliphatic rings. The fraction of sp³-hybridized carbons (Fsp3) is 0.400. The van der Waals surface area contributed by atoms with Crippen LogP contribution in [-0.4, -0.2) is 46.0 Å². The lowest BCUT2D eigenvalue weighted by Gasteiger charge is -2.18. The number of anilines is 1. The molecule has 0 bridgehead atoms. The summed E-state index contributed by atoms with van der Waals surface area (Å²) < 4.78 is 5.28. The van der Waals surface area contributed by atoms with Crippen LogP contribution < -0.4 is 26.7 Å². The number of ether oxygens (including phenoxy) is 1. The molecule has 1 fully saturated rings. The summed E-state index contributed by atoms with van der Waals surface area (Å²) in [6.45, 7) is 2.57. The standard InChI is InChI=1S/C18H14N4O6S.C7H15N/c1-7-12(18(26)27)13-15(24)21-14(22-17(13)29-7)16(25)19-5-8-2-3-10-9(4-8)20-11(23)6-28-10;8-6-7-4-2-1-3-5-7/h2-4H,5-6H2,1H3,(H,19,25)(H,20,23)(H,26,27)(H,21,22,24);7H,1-6,8H2. The molecule has 5 rings (SSSR count). The number of hydrogen-bond acceptors (Lipinski definition) is 8. The van der Waals surface area contributed by atoms with E-state index in [1.807, 2.05) is 0 Å². The Hall–Kier alpha value is -3.77. The summed E-state index contributed by atoms with van der Waals surface area (Å²) in [6, 6.07) is 5.09. The maximum Gasteiger partial charge on any atom is 0.337 e.